The van der Waals surface area contributed by atoms with Crippen LogP contribution in [0.4, 0.5) is 0 Å². The van der Waals surface area contributed by atoms with Gasteiger partial charge in [0.15, 0.2) is 0 Å². The number of nitrogens with one attached hydrogen (secondary N) is 1. The van der Waals surface area contributed by atoms with Crippen LogP contribution in [0.3, 0.4) is 0 Å². The summed E-state index contributed by atoms with van der Waals surface area (Å²) in [7, 11) is 1.93. The van der Waals surface area contributed by atoms with Crippen LogP contribution in [-0.4, -0.2) is 16.6 Å². The number of nitrogens with zero attached hydrogens (tertiary/aromatic N) is 2. The first-order valence-electron chi connectivity index (χ1n) is 5.13. The molecule has 0 fully saturated rings. The maximum absolute atomic E-state index is 5.95. The summed E-state index contributed by atoms with van der Waals surface area (Å²) < 4.78 is 3.00. The fourth-order valence-corrected chi connectivity index (χ4v) is 2.80. The second kappa shape index (κ2) is 4.99. The van der Waals surface area contributed by atoms with Crippen molar-refractivity contribution in [3.63, 3.8) is 0 Å². The molecule has 1 atom stereocenters. The molecule has 0 amide bonds. The summed E-state index contributed by atoms with van der Waals surface area (Å²) in [6.45, 7) is 2.98. The van der Waals surface area contributed by atoms with Crippen LogP contribution in [0.1, 0.15) is 23.5 Å². The van der Waals surface area contributed by atoms with Crippen LogP contribution in [0.25, 0.3) is 0 Å². The Morgan fingerprint density at radius 1 is 1.56 bits per heavy atom. The summed E-state index contributed by atoms with van der Waals surface area (Å²) in [6, 6.07) is 4.29. The summed E-state index contributed by atoms with van der Waals surface area (Å²) in [4.78, 5) is 5.44. The topological polar surface area (TPSA) is 29.9 Å². The zero-order chi connectivity index (χ0) is 11.5. The van der Waals surface area contributed by atoms with Crippen molar-refractivity contribution < 1.29 is 0 Å². The largest absolute Gasteiger partial charge is 0.325 e. The Labute approximate surface area is 104 Å². The first kappa shape index (κ1) is 11.6. The molecule has 1 unspecified atom stereocenters. The minimum Gasteiger partial charge on any atom is -0.325 e. The van der Waals surface area contributed by atoms with Gasteiger partial charge in [-0.05, 0) is 26.1 Å². The lowest BCUT2D eigenvalue weighted by Gasteiger charge is -2.14. The van der Waals surface area contributed by atoms with E-state index in [0.717, 1.165) is 10.9 Å². The van der Waals surface area contributed by atoms with E-state index in [1.807, 2.05) is 25.6 Å². The van der Waals surface area contributed by atoms with Crippen molar-refractivity contribution in [2.75, 3.05) is 7.05 Å². The van der Waals surface area contributed by atoms with Gasteiger partial charge in [0.1, 0.15) is 0 Å². The third kappa shape index (κ3) is 2.29. The van der Waals surface area contributed by atoms with Crippen LogP contribution >= 0.6 is 22.9 Å². The van der Waals surface area contributed by atoms with E-state index < -0.39 is 0 Å². The molecule has 0 aliphatic carbocycles. The van der Waals surface area contributed by atoms with E-state index in [0.29, 0.717) is 0 Å². The Bertz CT molecular complexity index is 463. The molecule has 5 heteroatoms. The van der Waals surface area contributed by atoms with Gasteiger partial charge in [-0.25, -0.2) is 4.98 Å². The van der Waals surface area contributed by atoms with Crippen molar-refractivity contribution in [1.29, 1.82) is 0 Å². The molecule has 0 spiro atoms. The second-order valence-corrected chi connectivity index (χ2v) is 5.39. The van der Waals surface area contributed by atoms with Gasteiger partial charge in [-0.2, -0.15) is 0 Å². The molecule has 0 aliphatic heterocycles. The van der Waals surface area contributed by atoms with Crippen LogP contribution in [0.15, 0.2) is 24.7 Å². The summed E-state index contributed by atoms with van der Waals surface area (Å²) in [5.74, 6) is 0. The average Bonchev–Trinajstić information content (AvgIpc) is 2.87. The molecule has 0 aromatic carbocycles. The molecule has 3 nitrogen and oxygen atoms in total. The molecule has 2 heterocycles. The highest BCUT2D eigenvalue weighted by atomic mass is 35.5. The molecule has 86 valence electrons. The predicted molar refractivity (Wildman–Crippen MR) is 68.1 cm³/mol. The Morgan fingerprint density at radius 3 is 3.00 bits per heavy atom. The average molecular weight is 256 g/mol. The minimum atomic E-state index is 0.281. The van der Waals surface area contributed by atoms with Crippen LogP contribution in [-0.2, 0) is 6.54 Å². The number of halogens is 1. The zero-order valence-corrected chi connectivity index (χ0v) is 10.8. The molecule has 2 aromatic heterocycles. The van der Waals surface area contributed by atoms with Crippen LogP contribution < -0.4 is 5.32 Å². The highest BCUT2D eigenvalue weighted by molar-refractivity contribution is 7.16. The SMILES string of the molecule is CNCc1cncn1C(C)c1ccc(Cl)s1. The number of aromatic nitrogens is 2. The third-order valence-electron chi connectivity index (χ3n) is 2.53. The van der Waals surface area contributed by atoms with Crippen molar-refractivity contribution in [2.24, 2.45) is 0 Å². The fraction of sp³-hybridized carbons (Fsp3) is 0.364. The van der Waals surface area contributed by atoms with Crippen molar-refractivity contribution in [1.82, 2.24) is 14.9 Å². The molecule has 0 aliphatic rings. The van der Waals surface area contributed by atoms with Gasteiger partial charge in [-0.3, -0.25) is 0 Å². The smallest absolute Gasteiger partial charge is 0.0954 e. The maximum Gasteiger partial charge on any atom is 0.0954 e. The molecule has 2 rings (SSSR count). The van der Waals surface area contributed by atoms with E-state index in [4.69, 9.17) is 11.6 Å². The molecule has 0 saturated heterocycles. The number of thiophene rings is 1. The predicted octanol–water partition coefficient (Wildman–Crippen LogP) is 2.93. The molecular weight excluding hydrogens is 242 g/mol. The number of imidazole rings is 1. The van der Waals surface area contributed by atoms with Crippen LogP contribution in [0, 0.1) is 0 Å². The molecule has 0 bridgehead atoms. The van der Waals surface area contributed by atoms with Crippen molar-refractivity contribution >= 4 is 22.9 Å². The van der Waals surface area contributed by atoms with Gasteiger partial charge >= 0.3 is 0 Å². The highest BCUT2D eigenvalue weighted by Crippen LogP contribution is 2.29. The Morgan fingerprint density at radius 2 is 2.38 bits per heavy atom. The first-order chi connectivity index (χ1) is 7.72. The van der Waals surface area contributed by atoms with Gasteiger partial charge < -0.3 is 9.88 Å². The summed E-state index contributed by atoms with van der Waals surface area (Å²) in [6.07, 6.45) is 3.76. The standard InChI is InChI=1S/C11H14ClN3S/c1-8(10-3-4-11(12)16-10)15-7-14-6-9(15)5-13-2/h3-4,6-8,13H,5H2,1-2H3. The van der Waals surface area contributed by atoms with E-state index in [1.165, 1.54) is 10.6 Å². The van der Waals surface area contributed by atoms with Crippen LogP contribution in [0.2, 0.25) is 4.34 Å². The molecule has 0 saturated carbocycles. The summed E-state index contributed by atoms with van der Waals surface area (Å²) in [5, 5.41) is 3.14. The molecule has 1 N–H and O–H groups in total. The number of rotatable bonds is 4. The number of hydrogen-bond donors (Lipinski definition) is 1. The Hall–Kier alpha value is -0.840. The van der Waals surface area contributed by atoms with E-state index in [9.17, 15) is 0 Å². The lowest BCUT2D eigenvalue weighted by Crippen LogP contribution is -2.13. The molecular formula is C11H14ClN3S. The van der Waals surface area contributed by atoms with Crippen LogP contribution in [0.5, 0.6) is 0 Å². The van der Waals surface area contributed by atoms with Crippen molar-refractivity contribution in [2.45, 2.75) is 19.5 Å². The van der Waals surface area contributed by atoms with Gasteiger partial charge in [0, 0.05) is 17.6 Å². The Balaban J connectivity index is 2.26. The van der Waals surface area contributed by atoms with Crippen molar-refractivity contribution in [3.8, 4) is 0 Å². The van der Waals surface area contributed by atoms with Gasteiger partial charge in [0.25, 0.3) is 0 Å². The zero-order valence-electron chi connectivity index (χ0n) is 9.27. The van der Waals surface area contributed by atoms with Gasteiger partial charge in [-0.1, -0.05) is 11.6 Å². The third-order valence-corrected chi connectivity index (χ3v) is 3.93. The van der Waals surface area contributed by atoms with Gasteiger partial charge in [-0.15, -0.1) is 11.3 Å². The summed E-state index contributed by atoms with van der Waals surface area (Å²) in [5.41, 5.74) is 1.18. The van der Waals surface area contributed by atoms with E-state index in [2.05, 4.69) is 27.9 Å². The fourth-order valence-electron chi connectivity index (χ4n) is 1.69. The first-order valence-corrected chi connectivity index (χ1v) is 6.32. The van der Waals surface area contributed by atoms with Crippen molar-refractivity contribution in [3.05, 3.63) is 39.6 Å². The van der Waals surface area contributed by atoms with E-state index in [-0.39, 0.29) is 6.04 Å². The quantitative estimate of drug-likeness (QED) is 0.911. The molecule has 2 aromatic rings. The van der Waals surface area contributed by atoms with Gasteiger partial charge in [0.05, 0.1) is 22.4 Å². The Kier molecular flexibility index (Phi) is 3.63. The van der Waals surface area contributed by atoms with Gasteiger partial charge in [0.2, 0.25) is 0 Å². The van der Waals surface area contributed by atoms with E-state index in [1.54, 1.807) is 11.3 Å². The lowest BCUT2D eigenvalue weighted by molar-refractivity contribution is 0.601. The van der Waals surface area contributed by atoms with E-state index >= 15 is 0 Å². The second-order valence-electron chi connectivity index (χ2n) is 3.64. The molecule has 16 heavy (non-hydrogen) atoms. The monoisotopic (exact) mass is 255 g/mol. The summed E-state index contributed by atoms with van der Waals surface area (Å²) >= 11 is 7.57. The number of hydrogen-bond acceptors (Lipinski definition) is 3. The lowest BCUT2D eigenvalue weighted by atomic mass is 10.2. The minimum absolute atomic E-state index is 0.281. The normalized spacial score (nSPS) is 12.9. The maximum atomic E-state index is 5.95. The highest BCUT2D eigenvalue weighted by Gasteiger charge is 2.12. The molecule has 0 radical (unpaired) electrons.